The molecule has 0 aliphatic carbocycles. The molecule has 0 saturated carbocycles. The van der Waals surface area contributed by atoms with Crippen molar-refractivity contribution in [2.45, 2.75) is 12.8 Å². The molecule has 0 saturated heterocycles. The van der Waals surface area contributed by atoms with Crippen molar-refractivity contribution < 1.29 is 9.13 Å². The van der Waals surface area contributed by atoms with Crippen LogP contribution in [0.15, 0.2) is 22.7 Å². The van der Waals surface area contributed by atoms with E-state index in [0.29, 0.717) is 29.7 Å². The Morgan fingerprint density at radius 1 is 1.53 bits per heavy atom. The zero-order chi connectivity index (χ0) is 11.3. The smallest absolute Gasteiger partial charge is 0.137 e. The molecule has 82 valence electrons. The summed E-state index contributed by atoms with van der Waals surface area (Å²) in [5.74, 6) is 0.441. The highest BCUT2D eigenvalue weighted by molar-refractivity contribution is 9.10. The fourth-order valence-electron chi connectivity index (χ4n) is 1.02. The Morgan fingerprint density at radius 3 is 2.87 bits per heavy atom. The summed E-state index contributed by atoms with van der Waals surface area (Å²) in [6.07, 6.45) is 1.20. The third-order valence-corrected chi connectivity index (χ3v) is 2.36. The van der Waals surface area contributed by atoms with Gasteiger partial charge in [0.25, 0.3) is 0 Å². The van der Waals surface area contributed by atoms with Crippen LogP contribution in [0.25, 0.3) is 0 Å². The second kappa shape index (κ2) is 5.70. The van der Waals surface area contributed by atoms with Gasteiger partial charge in [0, 0.05) is 6.42 Å². The normalized spacial score (nSPS) is 10.0. The van der Waals surface area contributed by atoms with Gasteiger partial charge in [0.15, 0.2) is 0 Å². The van der Waals surface area contributed by atoms with Crippen LogP contribution in [0.4, 0.5) is 4.39 Å². The molecule has 3 nitrogen and oxygen atoms in total. The molecule has 3 N–H and O–H groups in total. The maximum Gasteiger partial charge on any atom is 0.137 e. The molecule has 0 bridgehead atoms. The highest BCUT2D eigenvalue weighted by Crippen LogP contribution is 2.21. The van der Waals surface area contributed by atoms with Gasteiger partial charge < -0.3 is 10.5 Å². The van der Waals surface area contributed by atoms with Gasteiger partial charge in [-0.25, -0.2) is 4.39 Å². The summed E-state index contributed by atoms with van der Waals surface area (Å²) in [6.45, 7) is 0.470. The molecule has 0 aromatic heterocycles. The van der Waals surface area contributed by atoms with Gasteiger partial charge in [-0.1, -0.05) is 0 Å². The van der Waals surface area contributed by atoms with Crippen LogP contribution in [0.3, 0.4) is 0 Å². The molecular weight excluding hydrogens is 263 g/mol. The Kier molecular flexibility index (Phi) is 4.55. The van der Waals surface area contributed by atoms with Crippen LogP contribution < -0.4 is 10.5 Å². The molecular formula is C10H12BrFN2O. The average Bonchev–Trinajstić information content (AvgIpc) is 2.18. The zero-order valence-electron chi connectivity index (χ0n) is 8.09. The van der Waals surface area contributed by atoms with E-state index in [-0.39, 0.29) is 11.7 Å². The first kappa shape index (κ1) is 12.0. The van der Waals surface area contributed by atoms with Crippen molar-refractivity contribution in [3.8, 4) is 5.75 Å². The second-order valence-corrected chi connectivity index (χ2v) is 3.91. The molecule has 1 aromatic rings. The summed E-state index contributed by atoms with van der Waals surface area (Å²) in [5, 5.41) is 7.00. The Labute approximate surface area is 96.1 Å². The first-order chi connectivity index (χ1) is 7.09. The van der Waals surface area contributed by atoms with Crippen LogP contribution in [0.1, 0.15) is 12.8 Å². The van der Waals surface area contributed by atoms with E-state index in [1.54, 1.807) is 12.1 Å². The molecule has 0 atom stereocenters. The van der Waals surface area contributed by atoms with Gasteiger partial charge >= 0.3 is 0 Å². The molecule has 0 unspecified atom stereocenters. The predicted molar refractivity (Wildman–Crippen MR) is 60.7 cm³/mol. The van der Waals surface area contributed by atoms with Crippen molar-refractivity contribution >= 4 is 21.8 Å². The largest absolute Gasteiger partial charge is 0.494 e. The van der Waals surface area contributed by atoms with E-state index >= 15 is 0 Å². The van der Waals surface area contributed by atoms with Crippen LogP contribution in [-0.4, -0.2) is 12.4 Å². The van der Waals surface area contributed by atoms with Crippen LogP contribution >= 0.6 is 15.9 Å². The van der Waals surface area contributed by atoms with Crippen molar-refractivity contribution in [1.29, 1.82) is 5.41 Å². The molecule has 0 spiro atoms. The molecule has 1 aromatic carbocycles. The summed E-state index contributed by atoms with van der Waals surface area (Å²) in [5.41, 5.74) is 5.19. The Balaban J connectivity index is 2.38. The third-order valence-electron chi connectivity index (χ3n) is 1.75. The number of benzene rings is 1. The predicted octanol–water partition coefficient (Wildman–Crippen LogP) is 2.68. The molecule has 0 heterocycles. The van der Waals surface area contributed by atoms with Crippen molar-refractivity contribution in [3.63, 3.8) is 0 Å². The summed E-state index contributed by atoms with van der Waals surface area (Å²) < 4.78 is 18.6. The van der Waals surface area contributed by atoms with Gasteiger partial charge in [0.1, 0.15) is 11.6 Å². The van der Waals surface area contributed by atoms with Gasteiger partial charge in [-0.05, 0) is 40.5 Å². The van der Waals surface area contributed by atoms with E-state index in [9.17, 15) is 4.39 Å². The third kappa shape index (κ3) is 4.29. The van der Waals surface area contributed by atoms with E-state index in [1.165, 1.54) is 6.07 Å². The van der Waals surface area contributed by atoms with Crippen LogP contribution in [0.2, 0.25) is 0 Å². The van der Waals surface area contributed by atoms with E-state index in [4.69, 9.17) is 15.9 Å². The Morgan fingerprint density at radius 2 is 2.27 bits per heavy atom. The lowest BCUT2D eigenvalue weighted by atomic mass is 10.3. The molecule has 0 radical (unpaired) electrons. The van der Waals surface area contributed by atoms with Gasteiger partial charge in [0.2, 0.25) is 0 Å². The van der Waals surface area contributed by atoms with Crippen LogP contribution in [0.5, 0.6) is 5.75 Å². The minimum absolute atomic E-state index is 0.152. The standard InChI is InChI=1S/C10H12BrFN2O/c11-8-6-7(3-4-9(8)12)15-5-1-2-10(13)14/h3-4,6H,1-2,5H2,(H3,13,14). The lowest BCUT2D eigenvalue weighted by Gasteiger charge is -2.06. The lowest BCUT2D eigenvalue weighted by molar-refractivity contribution is 0.312. The SMILES string of the molecule is N=C(N)CCCOc1ccc(F)c(Br)c1. The lowest BCUT2D eigenvalue weighted by Crippen LogP contribution is -2.10. The van der Waals surface area contributed by atoms with Gasteiger partial charge in [-0.3, -0.25) is 5.41 Å². The highest BCUT2D eigenvalue weighted by Gasteiger charge is 2.01. The van der Waals surface area contributed by atoms with Gasteiger partial charge in [0.05, 0.1) is 16.9 Å². The Hall–Kier alpha value is -1.10. The molecule has 5 heteroatoms. The number of halogens is 2. The number of nitrogens with two attached hydrogens (primary N) is 1. The van der Waals surface area contributed by atoms with Crippen LogP contribution in [0, 0.1) is 11.2 Å². The summed E-state index contributed by atoms with van der Waals surface area (Å²) >= 11 is 3.07. The van der Waals surface area contributed by atoms with Crippen molar-refractivity contribution in [1.82, 2.24) is 0 Å². The Bertz CT molecular complexity index is 357. The number of rotatable bonds is 5. The van der Waals surface area contributed by atoms with Crippen molar-refractivity contribution in [2.75, 3.05) is 6.61 Å². The van der Waals surface area contributed by atoms with Crippen LogP contribution in [-0.2, 0) is 0 Å². The number of ether oxygens (including phenoxy) is 1. The average molecular weight is 275 g/mol. The fourth-order valence-corrected chi connectivity index (χ4v) is 1.38. The first-order valence-corrected chi connectivity index (χ1v) is 5.29. The maximum absolute atomic E-state index is 12.8. The number of amidine groups is 1. The number of nitrogens with one attached hydrogen (secondary N) is 1. The molecule has 0 fully saturated rings. The summed E-state index contributed by atoms with van der Waals surface area (Å²) in [6, 6.07) is 4.47. The monoisotopic (exact) mass is 274 g/mol. The first-order valence-electron chi connectivity index (χ1n) is 4.50. The minimum atomic E-state index is -0.314. The molecule has 1 rings (SSSR count). The number of hydrogen-bond donors (Lipinski definition) is 2. The summed E-state index contributed by atoms with van der Waals surface area (Å²) in [4.78, 5) is 0. The molecule has 0 amide bonds. The minimum Gasteiger partial charge on any atom is -0.494 e. The maximum atomic E-state index is 12.8. The molecule has 15 heavy (non-hydrogen) atoms. The van der Waals surface area contributed by atoms with Gasteiger partial charge in [-0.15, -0.1) is 0 Å². The van der Waals surface area contributed by atoms with Crippen molar-refractivity contribution in [3.05, 3.63) is 28.5 Å². The molecule has 0 aliphatic heterocycles. The van der Waals surface area contributed by atoms with Gasteiger partial charge in [-0.2, -0.15) is 0 Å². The zero-order valence-corrected chi connectivity index (χ0v) is 9.68. The fraction of sp³-hybridized carbons (Fsp3) is 0.300. The summed E-state index contributed by atoms with van der Waals surface area (Å²) in [7, 11) is 0. The van der Waals surface area contributed by atoms with Crippen molar-refractivity contribution in [2.24, 2.45) is 5.73 Å². The quantitative estimate of drug-likeness (QED) is 0.493. The van der Waals surface area contributed by atoms with E-state index < -0.39 is 0 Å². The molecule has 0 aliphatic rings. The van der Waals surface area contributed by atoms with E-state index in [2.05, 4.69) is 15.9 Å². The second-order valence-electron chi connectivity index (χ2n) is 3.05. The highest BCUT2D eigenvalue weighted by atomic mass is 79.9. The topological polar surface area (TPSA) is 59.1 Å². The van der Waals surface area contributed by atoms with E-state index in [1.807, 2.05) is 0 Å². The van der Waals surface area contributed by atoms with E-state index in [0.717, 1.165) is 0 Å². The number of hydrogen-bond acceptors (Lipinski definition) is 2.